The monoisotopic (exact) mass is 335 g/mol. The number of aliphatic carboxylic acids is 2. The molecule has 7 heteroatoms. The molecule has 0 aliphatic carbocycles. The molecule has 0 saturated heterocycles. The van der Waals surface area contributed by atoms with Crippen molar-refractivity contribution < 1.29 is 34.5 Å². The van der Waals surface area contributed by atoms with Gasteiger partial charge in [0.05, 0.1) is 32.1 Å². The van der Waals surface area contributed by atoms with Gasteiger partial charge in [0, 0.05) is 0 Å². The predicted octanol–water partition coefficient (Wildman–Crippen LogP) is -0.0141. The molecule has 138 valence electrons. The highest BCUT2D eigenvalue weighted by atomic mass is 16.4. The van der Waals surface area contributed by atoms with E-state index in [4.69, 9.17) is 15.3 Å². The van der Waals surface area contributed by atoms with Gasteiger partial charge >= 0.3 is 5.97 Å². The number of carboxylic acid groups (broad SMARTS) is 2. The molecule has 0 aromatic rings. The molecule has 0 rings (SSSR count). The van der Waals surface area contributed by atoms with E-state index in [-0.39, 0.29) is 0 Å². The summed E-state index contributed by atoms with van der Waals surface area (Å²) in [6.07, 6.45) is 0.627. The van der Waals surface area contributed by atoms with Crippen LogP contribution >= 0.6 is 0 Å². The second kappa shape index (κ2) is 13.3. The van der Waals surface area contributed by atoms with Gasteiger partial charge in [-0.05, 0) is 25.7 Å². The molecule has 0 amide bonds. The molecule has 3 N–H and O–H groups in total. The van der Waals surface area contributed by atoms with E-state index >= 15 is 0 Å². The maximum absolute atomic E-state index is 9.74. The van der Waals surface area contributed by atoms with Crippen LogP contribution in [0.5, 0.6) is 0 Å². The minimum Gasteiger partial charge on any atom is -0.547 e. The quantitative estimate of drug-likeness (QED) is 0.457. The first-order chi connectivity index (χ1) is 10.7. The van der Waals surface area contributed by atoms with E-state index < -0.39 is 24.1 Å². The Balaban J connectivity index is 0. The van der Waals surface area contributed by atoms with Gasteiger partial charge in [0.1, 0.15) is 6.10 Å². The van der Waals surface area contributed by atoms with Crippen molar-refractivity contribution >= 4 is 11.9 Å². The molecule has 23 heavy (non-hydrogen) atoms. The van der Waals surface area contributed by atoms with E-state index in [2.05, 4.69) is 27.7 Å². The summed E-state index contributed by atoms with van der Waals surface area (Å²) in [5.41, 5.74) is 0. The summed E-state index contributed by atoms with van der Waals surface area (Å²) in [4.78, 5) is 19.4. The first-order valence-electron chi connectivity index (χ1n) is 8.36. The van der Waals surface area contributed by atoms with E-state index in [1.165, 1.54) is 56.3 Å². The van der Waals surface area contributed by atoms with Crippen molar-refractivity contribution in [3.05, 3.63) is 0 Å². The van der Waals surface area contributed by atoms with Crippen molar-refractivity contribution in [3.8, 4) is 0 Å². The van der Waals surface area contributed by atoms with Gasteiger partial charge in [-0.15, -0.1) is 0 Å². The zero-order valence-electron chi connectivity index (χ0n) is 14.8. The second-order valence-electron chi connectivity index (χ2n) is 5.78. The number of carbonyl (C=O) groups is 2. The van der Waals surface area contributed by atoms with E-state index in [9.17, 15) is 14.7 Å². The molecule has 0 saturated carbocycles. The lowest BCUT2D eigenvalue weighted by Gasteiger charge is -2.38. The average Bonchev–Trinajstić information content (AvgIpc) is 2.47. The van der Waals surface area contributed by atoms with E-state index in [0.717, 1.165) is 0 Å². The van der Waals surface area contributed by atoms with Crippen molar-refractivity contribution in [2.75, 3.05) is 26.2 Å². The zero-order valence-corrected chi connectivity index (χ0v) is 14.8. The Labute approximate surface area is 139 Å². The van der Waals surface area contributed by atoms with Crippen molar-refractivity contribution in [1.82, 2.24) is 0 Å². The number of rotatable bonds is 11. The van der Waals surface area contributed by atoms with Crippen LogP contribution in [-0.2, 0) is 9.59 Å². The first-order valence-corrected chi connectivity index (χ1v) is 8.36. The highest BCUT2D eigenvalue weighted by Gasteiger charge is 2.24. The van der Waals surface area contributed by atoms with Crippen LogP contribution in [-0.4, -0.2) is 70.1 Å². The van der Waals surface area contributed by atoms with Gasteiger partial charge in [0.2, 0.25) is 0 Å². The van der Waals surface area contributed by atoms with Crippen LogP contribution in [0.4, 0.5) is 0 Å². The van der Waals surface area contributed by atoms with Crippen molar-refractivity contribution in [2.45, 2.75) is 65.6 Å². The Morgan fingerprint density at radius 2 is 1.13 bits per heavy atom. The number of aliphatic hydroxyl groups excluding tert-OH is 2. The maximum atomic E-state index is 9.74. The first kappa shape index (κ1) is 24.1. The normalized spacial score (nSPS) is 13.7. The largest absolute Gasteiger partial charge is 0.547 e. The number of nitrogens with zero attached hydrogens (tertiary/aromatic N) is 1. The van der Waals surface area contributed by atoms with Gasteiger partial charge in [0.25, 0.3) is 0 Å². The van der Waals surface area contributed by atoms with Crippen LogP contribution in [0.1, 0.15) is 53.4 Å². The van der Waals surface area contributed by atoms with Crippen LogP contribution in [0.2, 0.25) is 0 Å². The fourth-order valence-corrected chi connectivity index (χ4v) is 2.83. The molecular formula is C16H33NO6. The number of hydrogen-bond donors (Lipinski definition) is 3. The van der Waals surface area contributed by atoms with Crippen molar-refractivity contribution in [1.29, 1.82) is 0 Å². The summed E-state index contributed by atoms with van der Waals surface area (Å²) >= 11 is 0. The number of carbonyl (C=O) groups excluding carboxylic acids is 1. The number of hydrogen-bond acceptors (Lipinski definition) is 5. The molecule has 7 nitrogen and oxygen atoms in total. The van der Waals surface area contributed by atoms with E-state index in [1.54, 1.807) is 0 Å². The lowest BCUT2D eigenvalue weighted by Crippen LogP contribution is -2.50. The summed E-state index contributed by atoms with van der Waals surface area (Å²) in [6.45, 7) is 14.8. The molecular weight excluding hydrogens is 302 g/mol. The van der Waals surface area contributed by atoms with Crippen LogP contribution < -0.4 is 5.11 Å². The zero-order chi connectivity index (χ0) is 18.5. The summed E-state index contributed by atoms with van der Waals surface area (Å²) in [6, 6.07) is 0. The van der Waals surface area contributed by atoms with E-state index in [0.29, 0.717) is 0 Å². The molecule has 0 fully saturated rings. The lowest BCUT2D eigenvalue weighted by atomic mass is 10.2. The van der Waals surface area contributed by atoms with Gasteiger partial charge < -0.3 is 29.7 Å². The molecule has 0 aromatic heterocycles. The molecule has 2 atom stereocenters. The van der Waals surface area contributed by atoms with E-state index in [1.807, 2.05) is 0 Å². The minimum absolute atomic E-state index is 1.33. The van der Waals surface area contributed by atoms with Crippen LogP contribution in [0.25, 0.3) is 0 Å². The predicted molar refractivity (Wildman–Crippen MR) is 85.5 cm³/mol. The molecule has 0 heterocycles. The van der Waals surface area contributed by atoms with Gasteiger partial charge in [-0.2, -0.15) is 0 Å². The van der Waals surface area contributed by atoms with Crippen molar-refractivity contribution in [3.63, 3.8) is 0 Å². The molecule has 0 spiro atoms. The van der Waals surface area contributed by atoms with Gasteiger partial charge in [0.15, 0.2) is 6.10 Å². The fraction of sp³-hybridized carbons (Fsp3) is 0.875. The summed E-state index contributed by atoms with van der Waals surface area (Å²) in [5, 5.41) is 34.1. The molecule has 2 unspecified atom stereocenters. The third kappa shape index (κ3) is 10.3. The Kier molecular flexibility index (Phi) is 13.9. The third-order valence-electron chi connectivity index (χ3n) is 3.59. The summed E-state index contributed by atoms with van der Waals surface area (Å²) in [5.74, 6) is -3.83. The smallest absolute Gasteiger partial charge is 0.335 e. The van der Waals surface area contributed by atoms with Crippen LogP contribution in [0.3, 0.4) is 0 Å². The van der Waals surface area contributed by atoms with Crippen LogP contribution in [0.15, 0.2) is 0 Å². The SMILES string of the molecule is CCC[N+](CCC)(CCC)CCC.O=C([O-])C(O)C(O)C(=O)O. The fourth-order valence-electron chi connectivity index (χ4n) is 2.83. The summed E-state index contributed by atoms with van der Waals surface area (Å²) in [7, 11) is 0. The Morgan fingerprint density at radius 1 is 0.826 bits per heavy atom. The topological polar surface area (TPSA) is 118 Å². The highest BCUT2D eigenvalue weighted by Crippen LogP contribution is 2.12. The average molecular weight is 335 g/mol. The van der Waals surface area contributed by atoms with Crippen LogP contribution in [0, 0.1) is 0 Å². The molecule has 0 aliphatic heterocycles. The number of carboxylic acids is 2. The Morgan fingerprint density at radius 3 is 1.26 bits per heavy atom. The maximum Gasteiger partial charge on any atom is 0.335 e. The van der Waals surface area contributed by atoms with Gasteiger partial charge in [-0.3, -0.25) is 0 Å². The summed E-state index contributed by atoms with van der Waals surface area (Å²) < 4.78 is 1.38. The molecule has 0 aromatic carbocycles. The highest BCUT2D eigenvalue weighted by molar-refractivity contribution is 5.81. The third-order valence-corrected chi connectivity index (χ3v) is 3.59. The molecule has 0 radical (unpaired) electrons. The standard InChI is InChI=1S/C12H28N.C4H6O6/c1-5-9-13(10-6-2,11-7-3)12-8-4;5-1(3(7)8)2(6)4(9)10/h5-12H2,1-4H3;1-2,5-6H,(H,7,8)(H,9,10)/q+1;/p-1. The number of aliphatic hydroxyl groups is 2. The Bertz CT molecular complexity index is 287. The second-order valence-corrected chi connectivity index (χ2v) is 5.78. The van der Waals surface area contributed by atoms with Gasteiger partial charge in [-0.1, -0.05) is 27.7 Å². The minimum atomic E-state index is -2.38. The number of quaternary nitrogens is 1. The Hall–Kier alpha value is -1.18. The molecule has 0 aliphatic rings. The molecule has 0 bridgehead atoms. The van der Waals surface area contributed by atoms with Gasteiger partial charge in [-0.25, -0.2) is 4.79 Å². The van der Waals surface area contributed by atoms with Crippen molar-refractivity contribution in [2.24, 2.45) is 0 Å². The lowest BCUT2D eigenvalue weighted by molar-refractivity contribution is -0.928.